The zero-order valence-electron chi connectivity index (χ0n) is 26.3. The first-order chi connectivity index (χ1) is 22.9. The number of benzene rings is 2. The first kappa shape index (κ1) is 33.1. The molecule has 48 heavy (non-hydrogen) atoms. The summed E-state index contributed by atoms with van der Waals surface area (Å²) in [5.41, 5.74) is 3.69. The summed E-state index contributed by atoms with van der Waals surface area (Å²) in [4.78, 5) is 43.1. The number of hydrogen-bond donors (Lipinski definition) is 2. The number of nitrogens with two attached hydrogens (primary N) is 1. The highest BCUT2D eigenvalue weighted by Crippen LogP contribution is 2.41. The minimum atomic E-state index is -3.76. The second kappa shape index (κ2) is 13.4. The maximum atomic E-state index is 15.8. The van der Waals surface area contributed by atoms with Crippen molar-refractivity contribution in [2.24, 2.45) is 5.92 Å². The molecule has 0 radical (unpaired) electrons. The van der Waals surface area contributed by atoms with E-state index in [1.807, 2.05) is 43.3 Å². The number of ether oxygens (including phenoxy) is 1. The van der Waals surface area contributed by atoms with E-state index < -0.39 is 59.9 Å². The number of amides is 1. The molecule has 2 aliphatic rings. The van der Waals surface area contributed by atoms with E-state index in [0.717, 1.165) is 39.2 Å². The largest absolute Gasteiger partial charge is 0.437 e. The molecule has 0 saturated carbocycles. The van der Waals surface area contributed by atoms with Crippen LogP contribution < -0.4 is 16.0 Å². The van der Waals surface area contributed by atoms with Crippen LogP contribution in [0.4, 0.5) is 18.9 Å². The summed E-state index contributed by atoms with van der Waals surface area (Å²) in [6.45, 7) is 1.52. The van der Waals surface area contributed by atoms with Crippen LogP contribution in [0.1, 0.15) is 35.8 Å². The zero-order chi connectivity index (χ0) is 34.1. The molecule has 0 spiro atoms. The Morgan fingerprint density at radius 1 is 1.08 bits per heavy atom. The molecule has 2 fully saturated rings. The molecule has 6 rings (SSSR count). The van der Waals surface area contributed by atoms with E-state index in [9.17, 15) is 19.1 Å². The van der Waals surface area contributed by atoms with Gasteiger partial charge in [0.05, 0.1) is 19.6 Å². The van der Waals surface area contributed by atoms with Crippen LogP contribution in [0.2, 0.25) is 0 Å². The lowest BCUT2D eigenvalue weighted by Gasteiger charge is -2.46. The highest BCUT2D eigenvalue weighted by molar-refractivity contribution is 5.80. The SMILES string of the molecule is Cc1ccnc(CN2CC[C@@H](C(=O)N3CC[C@](O)(Cn4cnc(Oc5ccc(F)cc5)c(N)c4=O)C(F)(F)C3)[C@H](c3ccccc3)C2)n1. The molecule has 4 aromatic rings. The van der Waals surface area contributed by atoms with Crippen LogP contribution in [0.5, 0.6) is 11.6 Å². The Kier molecular flexibility index (Phi) is 9.21. The number of aliphatic hydroxyl groups is 1. The van der Waals surface area contributed by atoms with Crippen LogP contribution in [0.25, 0.3) is 0 Å². The summed E-state index contributed by atoms with van der Waals surface area (Å²) in [6, 6.07) is 16.3. The number of piperidine rings is 2. The van der Waals surface area contributed by atoms with Gasteiger partial charge >= 0.3 is 0 Å². The molecule has 0 aliphatic carbocycles. The van der Waals surface area contributed by atoms with Gasteiger partial charge in [-0.1, -0.05) is 30.3 Å². The molecule has 2 aromatic carbocycles. The Hall–Kier alpha value is -4.82. The van der Waals surface area contributed by atoms with Crippen LogP contribution in [0.3, 0.4) is 0 Å². The smallest absolute Gasteiger partial charge is 0.295 e. The summed E-state index contributed by atoms with van der Waals surface area (Å²) in [5.74, 6) is -4.91. The molecule has 2 saturated heterocycles. The standard InChI is InChI=1S/C34H36F3N7O4/c1-22-11-14-39-28(41-22)18-42-15-12-26(27(17-42)23-5-3-2-4-6-23)31(45)43-16-13-33(47,34(36,37)20-43)19-44-21-40-30(29(38)32(44)46)48-25-9-7-24(35)8-10-25/h2-11,14,21,26-27,47H,12-13,15-20,38H2,1H3/t26-,27+,33+/m1/s1. The maximum absolute atomic E-state index is 15.8. The van der Waals surface area contributed by atoms with Crippen LogP contribution >= 0.6 is 0 Å². The summed E-state index contributed by atoms with van der Waals surface area (Å²) < 4.78 is 51.1. The fourth-order valence-corrected chi connectivity index (χ4v) is 6.44. The second-order valence-electron chi connectivity index (χ2n) is 12.5. The average molecular weight is 664 g/mol. The van der Waals surface area contributed by atoms with Crippen molar-refractivity contribution in [3.63, 3.8) is 0 Å². The normalized spacial score (nSPS) is 22.7. The van der Waals surface area contributed by atoms with Gasteiger partial charge in [-0.3, -0.25) is 19.1 Å². The van der Waals surface area contributed by atoms with E-state index in [0.29, 0.717) is 31.9 Å². The number of alkyl halides is 2. The van der Waals surface area contributed by atoms with Gasteiger partial charge in [-0.05, 0) is 55.8 Å². The van der Waals surface area contributed by atoms with Crippen LogP contribution in [-0.4, -0.2) is 78.0 Å². The number of carbonyl (C=O) groups excluding carboxylic acids is 1. The quantitative estimate of drug-likeness (QED) is 0.289. The fraction of sp³-hybridized carbons (Fsp3) is 0.382. The predicted octanol–water partition coefficient (Wildman–Crippen LogP) is 3.76. The van der Waals surface area contributed by atoms with E-state index in [1.165, 1.54) is 12.1 Å². The first-order valence-corrected chi connectivity index (χ1v) is 15.7. The first-order valence-electron chi connectivity index (χ1n) is 15.7. The van der Waals surface area contributed by atoms with Gasteiger partial charge in [0.15, 0.2) is 5.69 Å². The summed E-state index contributed by atoms with van der Waals surface area (Å²) in [5, 5.41) is 11.2. The molecule has 252 valence electrons. The maximum Gasteiger partial charge on any atom is 0.295 e. The Morgan fingerprint density at radius 3 is 2.54 bits per heavy atom. The Morgan fingerprint density at radius 2 is 1.83 bits per heavy atom. The number of anilines is 1. The average Bonchev–Trinajstić information content (AvgIpc) is 3.07. The third-order valence-electron chi connectivity index (χ3n) is 9.12. The highest BCUT2D eigenvalue weighted by Gasteiger charge is 2.57. The summed E-state index contributed by atoms with van der Waals surface area (Å²) in [7, 11) is 0. The molecule has 11 nitrogen and oxygen atoms in total. The molecule has 0 unspecified atom stereocenters. The summed E-state index contributed by atoms with van der Waals surface area (Å²) in [6.07, 6.45) is 2.64. The molecule has 14 heteroatoms. The lowest BCUT2D eigenvalue weighted by molar-refractivity contribution is -0.223. The number of likely N-dealkylation sites (tertiary alicyclic amines) is 2. The minimum Gasteiger partial charge on any atom is -0.437 e. The zero-order valence-corrected chi connectivity index (χ0v) is 26.3. The van der Waals surface area contributed by atoms with Crippen molar-refractivity contribution in [3.05, 3.63) is 106 Å². The van der Waals surface area contributed by atoms with Crippen molar-refractivity contribution >= 4 is 11.6 Å². The second-order valence-corrected chi connectivity index (χ2v) is 12.5. The topological polar surface area (TPSA) is 140 Å². The lowest BCUT2D eigenvalue weighted by atomic mass is 9.78. The Labute approximate surface area is 274 Å². The number of aromatic nitrogens is 4. The predicted molar refractivity (Wildman–Crippen MR) is 170 cm³/mol. The van der Waals surface area contributed by atoms with Crippen LogP contribution in [0.15, 0.2) is 78.0 Å². The van der Waals surface area contributed by atoms with E-state index in [4.69, 9.17) is 10.5 Å². The van der Waals surface area contributed by atoms with Crippen molar-refractivity contribution < 1.29 is 27.8 Å². The van der Waals surface area contributed by atoms with Gasteiger partial charge in [0, 0.05) is 43.2 Å². The molecule has 1 amide bonds. The van der Waals surface area contributed by atoms with Gasteiger partial charge in [0.2, 0.25) is 11.8 Å². The van der Waals surface area contributed by atoms with Gasteiger partial charge in [-0.15, -0.1) is 0 Å². The number of nitrogen functional groups attached to an aromatic ring is 1. The van der Waals surface area contributed by atoms with Crippen molar-refractivity contribution in [1.29, 1.82) is 0 Å². The van der Waals surface area contributed by atoms with Gasteiger partial charge in [0.25, 0.3) is 11.5 Å². The molecule has 2 aliphatic heterocycles. The van der Waals surface area contributed by atoms with E-state index >= 15 is 8.78 Å². The van der Waals surface area contributed by atoms with Gasteiger partial charge in [0.1, 0.15) is 29.3 Å². The Bertz CT molecular complexity index is 1830. The fourth-order valence-electron chi connectivity index (χ4n) is 6.44. The monoisotopic (exact) mass is 663 g/mol. The molecule has 3 N–H and O–H groups in total. The van der Waals surface area contributed by atoms with Crippen molar-refractivity contribution in [1.82, 2.24) is 29.3 Å². The van der Waals surface area contributed by atoms with Gasteiger partial charge < -0.3 is 20.5 Å². The number of nitrogens with zero attached hydrogens (tertiary/aromatic N) is 6. The van der Waals surface area contributed by atoms with Crippen LogP contribution in [0, 0.1) is 18.7 Å². The number of aryl methyl sites for hydroxylation is 1. The number of halogens is 3. The van der Waals surface area contributed by atoms with Gasteiger partial charge in [-0.25, -0.2) is 28.1 Å². The van der Waals surface area contributed by atoms with Crippen molar-refractivity contribution in [2.75, 3.05) is 31.9 Å². The molecule has 3 atom stereocenters. The third-order valence-corrected chi connectivity index (χ3v) is 9.12. The number of rotatable bonds is 8. The highest BCUT2D eigenvalue weighted by atomic mass is 19.3. The van der Waals surface area contributed by atoms with E-state index in [2.05, 4.69) is 19.9 Å². The minimum absolute atomic E-state index is 0.132. The van der Waals surface area contributed by atoms with Gasteiger partial charge in [-0.2, -0.15) is 0 Å². The van der Waals surface area contributed by atoms with Crippen molar-refractivity contribution in [2.45, 2.75) is 50.3 Å². The molecular formula is C34H36F3N7O4. The van der Waals surface area contributed by atoms with Crippen LogP contribution in [-0.2, 0) is 17.9 Å². The number of carbonyl (C=O) groups is 1. The third kappa shape index (κ3) is 6.90. The molecule has 0 bridgehead atoms. The summed E-state index contributed by atoms with van der Waals surface area (Å²) >= 11 is 0. The Balaban J connectivity index is 1.15. The van der Waals surface area contributed by atoms with E-state index in [1.54, 1.807) is 6.20 Å². The molecular weight excluding hydrogens is 627 g/mol. The molecule has 4 heterocycles. The van der Waals surface area contributed by atoms with E-state index in [-0.39, 0.29) is 24.1 Å². The van der Waals surface area contributed by atoms with Crippen molar-refractivity contribution in [3.8, 4) is 11.6 Å². The molecule has 2 aromatic heterocycles. The lowest BCUT2D eigenvalue weighted by Crippen LogP contribution is -2.64. The number of hydrogen-bond acceptors (Lipinski definition) is 9.